The molecular formula is C11H11N5. The van der Waals surface area contributed by atoms with E-state index in [2.05, 4.69) is 15.1 Å². The normalized spacial score (nSPS) is 12.2. The van der Waals surface area contributed by atoms with Crippen LogP contribution in [0, 0.1) is 6.92 Å². The summed E-state index contributed by atoms with van der Waals surface area (Å²) in [5.74, 6) is 0.422. The second-order valence-corrected chi connectivity index (χ2v) is 3.79. The lowest BCUT2D eigenvalue weighted by Gasteiger charge is -2.01. The van der Waals surface area contributed by atoms with Crippen LogP contribution in [0.1, 0.15) is 7.06 Å². The molecule has 0 radical (unpaired) electrons. The molecule has 0 saturated heterocycles. The van der Waals surface area contributed by atoms with Crippen LogP contribution in [0.5, 0.6) is 0 Å². The minimum Gasteiger partial charge on any atom is -0.383 e. The lowest BCUT2D eigenvalue weighted by Crippen LogP contribution is -1.93. The molecule has 5 nitrogen and oxygen atoms in total. The fourth-order valence-electron chi connectivity index (χ4n) is 1.82. The van der Waals surface area contributed by atoms with Crippen molar-refractivity contribution in [3.05, 3.63) is 24.1 Å². The van der Waals surface area contributed by atoms with Crippen molar-refractivity contribution < 1.29 is 1.37 Å². The van der Waals surface area contributed by atoms with Crippen molar-refractivity contribution in [2.75, 3.05) is 5.73 Å². The molecule has 0 fully saturated rings. The van der Waals surface area contributed by atoms with E-state index < -0.39 is 0 Å². The van der Waals surface area contributed by atoms with Crippen LogP contribution < -0.4 is 5.73 Å². The second-order valence-electron chi connectivity index (χ2n) is 3.79. The van der Waals surface area contributed by atoms with E-state index in [1.165, 1.54) is 0 Å². The molecule has 0 unspecified atom stereocenters. The third-order valence-electron chi connectivity index (χ3n) is 2.52. The summed E-state index contributed by atoms with van der Waals surface area (Å²) in [6, 6.07) is 0.360. The van der Waals surface area contributed by atoms with Crippen molar-refractivity contribution in [1.82, 2.24) is 19.7 Å². The van der Waals surface area contributed by atoms with E-state index in [9.17, 15) is 0 Å². The molecule has 16 heavy (non-hydrogen) atoms. The summed E-state index contributed by atoms with van der Waals surface area (Å²) >= 11 is 0. The first-order chi connectivity index (χ1) is 8.08. The number of fused-ring (bicyclic) bond motifs is 3. The van der Waals surface area contributed by atoms with Crippen molar-refractivity contribution in [2.45, 2.75) is 6.92 Å². The van der Waals surface area contributed by atoms with E-state index in [1.807, 2.05) is 13.2 Å². The van der Waals surface area contributed by atoms with E-state index in [0.717, 1.165) is 5.39 Å². The van der Waals surface area contributed by atoms with Gasteiger partial charge in [-0.25, -0.2) is 4.98 Å². The molecule has 0 spiro atoms. The predicted molar refractivity (Wildman–Crippen MR) is 63.0 cm³/mol. The van der Waals surface area contributed by atoms with Gasteiger partial charge >= 0.3 is 0 Å². The second kappa shape index (κ2) is 2.91. The fourth-order valence-corrected chi connectivity index (χ4v) is 1.82. The summed E-state index contributed by atoms with van der Waals surface area (Å²) in [7, 11) is 1.82. The predicted octanol–water partition coefficient (Wildman–Crippen LogP) is 1.41. The van der Waals surface area contributed by atoms with Crippen molar-refractivity contribution in [3.8, 4) is 0 Å². The first-order valence-corrected chi connectivity index (χ1v) is 4.92. The molecule has 80 valence electrons. The van der Waals surface area contributed by atoms with E-state index in [0.29, 0.717) is 34.0 Å². The number of aryl methyl sites for hydroxylation is 2. The molecule has 3 aromatic rings. The average molecular weight is 215 g/mol. The van der Waals surface area contributed by atoms with Crippen LogP contribution in [0.3, 0.4) is 0 Å². The maximum absolute atomic E-state index is 8.06. The molecule has 0 aromatic carbocycles. The third-order valence-corrected chi connectivity index (χ3v) is 2.52. The topological polar surface area (TPSA) is 69.6 Å². The van der Waals surface area contributed by atoms with Crippen LogP contribution in [0.4, 0.5) is 5.82 Å². The standard InChI is InChI=1S/C11H11N5/c1-6-3-7-9(4-13-6)14-11(12)8-5-16(2)15-10(7)8/h3-5H,1-2H3,(H2,12,14)/i3T. The van der Waals surface area contributed by atoms with Gasteiger partial charge in [0.25, 0.3) is 0 Å². The van der Waals surface area contributed by atoms with Gasteiger partial charge in [-0.15, -0.1) is 0 Å². The zero-order valence-corrected chi connectivity index (χ0v) is 9.02. The van der Waals surface area contributed by atoms with Gasteiger partial charge < -0.3 is 5.73 Å². The van der Waals surface area contributed by atoms with Gasteiger partial charge in [0.05, 0.1) is 18.5 Å². The molecule has 3 aromatic heterocycles. The molecule has 0 amide bonds. The monoisotopic (exact) mass is 215 g/mol. The van der Waals surface area contributed by atoms with Crippen molar-refractivity contribution >= 4 is 27.6 Å². The highest BCUT2D eigenvalue weighted by atomic mass is 15.2. The number of nitrogens with zero attached hydrogens (tertiary/aromatic N) is 4. The molecule has 3 heterocycles. The number of nitrogens with two attached hydrogens (primary N) is 1. The Morgan fingerprint density at radius 2 is 2.25 bits per heavy atom. The molecule has 5 heteroatoms. The van der Waals surface area contributed by atoms with Crippen molar-refractivity contribution in [2.24, 2.45) is 7.05 Å². The van der Waals surface area contributed by atoms with Crippen LogP contribution in [-0.4, -0.2) is 19.7 Å². The molecular weight excluding hydrogens is 202 g/mol. The minimum absolute atomic E-state index is 0.360. The van der Waals surface area contributed by atoms with Crippen LogP contribution in [0.15, 0.2) is 18.4 Å². The van der Waals surface area contributed by atoms with Crippen molar-refractivity contribution in [1.29, 1.82) is 0 Å². The fraction of sp³-hybridized carbons (Fsp3) is 0.182. The highest BCUT2D eigenvalue weighted by molar-refractivity contribution is 6.07. The summed E-state index contributed by atoms with van der Waals surface area (Å²) in [4.78, 5) is 8.38. The number of hydrogen-bond acceptors (Lipinski definition) is 4. The average Bonchev–Trinajstić information content (AvgIpc) is 2.66. The lowest BCUT2D eigenvalue weighted by atomic mass is 10.2. The van der Waals surface area contributed by atoms with Gasteiger partial charge in [-0.3, -0.25) is 9.67 Å². The van der Waals surface area contributed by atoms with Gasteiger partial charge in [0.15, 0.2) is 0 Å². The highest BCUT2D eigenvalue weighted by Gasteiger charge is 2.09. The Kier molecular flexibility index (Phi) is 1.46. The van der Waals surface area contributed by atoms with E-state index in [1.54, 1.807) is 17.8 Å². The zero-order valence-electron chi connectivity index (χ0n) is 10.0. The molecule has 0 saturated carbocycles. The Morgan fingerprint density at radius 3 is 3.06 bits per heavy atom. The number of anilines is 1. The maximum Gasteiger partial charge on any atom is 0.135 e. The number of nitrogen functional groups attached to an aromatic ring is 1. The van der Waals surface area contributed by atoms with Gasteiger partial charge in [0.2, 0.25) is 0 Å². The molecule has 0 bridgehead atoms. The molecule has 0 aliphatic rings. The quantitative estimate of drug-likeness (QED) is 0.615. The Morgan fingerprint density at radius 1 is 1.44 bits per heavy atom. The largest absolute Gasteiger partial charge is 0.383 e. The van der Waals surface area contributed by atoms with E-state index in [4.69, 9.17) is 7.10 Å². The minimum atomic E-state index is 0.360. The van der Waals surface area contributed by atoms with Crippen LogP contribution >= 0.6 is 0 Å². The lowest BCUT2D eigenvalue weighted by molar-refractivity contribution is 0.780. The summed E-state index contributed by atoms with van der Waals surface area (Å²) in [6.45, 7) is 1.80. The number of aromatic nitrogens is 4. The summed E-state index contributed by atoms with van der Waals surface area (Å²) < 4.78 is 9.74. The summed E-state index contributed by atoms with van der Waals surface area (Å²) in [5.41, 5.74) is 7.86. The summed E-state index contributed by atoms with van der Waals surface area (Å²) in [5, 5.41) is 5.84. The molecule has 0 aliphatic carbocycles. The molecule has 3 rings (SSSR count). The van der Waals surface area contributed by atoms with Crippen LogP contribution in [0.25, 0.3) is 21.8 Å². The maximum atomic E-state index is 8.06. The first-order valence-electron chi connectivity index (χ1n) is 5.42. The van der Waals surface area contributed by atoms with Crippen LogP contribution in [-0.2, 0) is 7.05 Å². The SMILES string of the molecule is [3H]c1c(C)ncc2nc(N)c3cn(C)nc3c12. The van der Waals surface area contributed by atoms with Gasteiger partial charge in [-0.1, -0.05) is 0 Å². The number of rotatable bonds is 0. The van der Waals surface area contributed by atoms with E-state index >= 15 is 0 Å². The molecule has 2 N–H and O–H groups in total. The van der Waals surface area contributed by atoms with Crippen molar-refractivity contribution in [3.63, 3.8) is 0 Å². The Hall–Kier alpha value is -2.17. The summed E-state index contributed by atoms with van der Waals surface area (Å²) in [6.07, 6.45) is 3.44. The Bertz CT molecular complexity index is 747. The van der Waals surface area contributed by atoms with Gasteiger partial charge in [-0.2, -0.15) is 5.10 Å². The van der Waals surface area contributed by atoms with Gasteiger partial charge in [-0.05, 0) is 13.0 Å². The highest BCUT2D eigenvalue weighted by Crippen LogP contribution is 2.26. The van der Waals surface area contributed by atoms with Crippen LogP contribution in [0.2, 0.25) is 0 Å². The zero-order chi connectivity index (χ0) is 12.2. The first kappa shape index (κ1) is 8.04. The van der Waals surface area contributed by atoms with E-state index in [-0.39, 0.29) is 0 Å². The smallest absolute Gasteiger partial charge is 0.135 e. The Labute approximate surface area is 93.3 Å². The number of hydrogen-bond donors (Lipinski definition) is 1. The molecule has 0 atom stereocenters. The number of pyridine rings is 2. The molecule has 0 aliphatic heterocycles. The van der Waals surface area contributed by atoms with Gasteiger partial charge in [0, 0.05) is 24.3 Å². The van der Waals surface area contributed by atoms with Gasteiger partial charge in [0.1, 0.15) is 11.3 Å². The Balaban J connectivity index is 2.65. The third kappa shape index (κ3) is 1.14.